The average Bonchev–Trinajstić information content (AvgIpc) is 3.16. The van der Waals surface area contributed by atoms with E-state index in [1.807, 2.05) is 37.2 Å². The molecule has 0 N–H and O–H groups in total. The highest BCUT2D eigenvalue weighted by molar-refractivity contribution is 7.91. The topological polar surface area (TPSA) is 70.6 Å². The summed E-state index contributed by atoms with van der Waals surface area (Å²) in [5.41, 5.74) is 1.99. The Morgan fingerprint density at radius 3 is 2.41 bits per heavy atom. The highest BCUT2D eigenvalue weighted by atomic mass is 35.5. The number of nitrogens with zero attached hydrogens (tertiary/aromatic N) is 3. The molecule has 1 aromatic heterocycles. The number of aryl methyl sites for hydroxylation is 1. The number of hydrogen-bond acceptors (Lipinski definition) is 6. The van der Waals surface area contributed by atoms with Gasteiger partial charge in [-0.15, -0.1) is 12.4 Å². The molecule has 1 amide bonds. The van der Waals surface area contributed by atoms with Gasteiger partial charge in [0.2, 0.25) is 5.91 Å². The van der Waals surface area contributed by atoms with E-state index in [4.69, 9.17) is 4.98 Å². The number of benzene rings is 2. The third-order valence-electron chi connectivity index (χ3n) is 4.93. The first-order valence-corrected chi connectivity index (χ1v) is 12.5. The zero-order chi connectivity index (χ0) is 22.6. The molecule has 0 spiro atoms. The van der Waals surface area contributed by atoms with Crippen molar-refractivity contribution in [2.24, 2.45) is 0 Å². The van der Waals surface area contributed by atoms with Crippen LogP contribution in [-0.4, -0.2) is 57.1 Å². The monoisotopic (exact) mass is 499 g/mol. The molecule has 1 heterocycles. The second-order valence-corrected chi connectivity index (χ2v) is 10.6. The zero-order valence-corrected chi connectivity index (χ0v) is 20.7. The van der Waals surface area contributed by atoms with Crippen molar-refractivity contribution in [3.63, 3.8) is 0 Å². The molecule has 3 aromatic rings. The van der Waals surface area contributed by atoms with Crippen LogP contribution in [0.5, 0.6) is 0 Å². The van der Waals surface area contributed by atoms with E-state index in [2.05, 4.69) is 6.92 Å². The SMILES string of the molecule is CCc1cccc2sc(N(CCN(C)C)C(=O)CCS(=O)(=O)c3ccc(F)cc3)nc12.Cl. The number of anilines is 1. The number of fused-ring (bicyclic) bond motifs is 1. The largest absolute Gasteiger partial charge is 0.308 e. The van der Waals surface area contributed by atoms with E-state index in [0.29, 0.717) is 18.2 Å². The van der Waals surface area contributed by atoms with E-state index in [1.165, 1.54) is 23.5 Å². The van der Waals surface area contributed by atoms with Crippen molar-refractivity contribution >= 4 is 54.8 Å². The van der Waals surface area contributed by atoms with Crippen molar-refractivity contribution in [1.82, 2.24) is 9.88 Å². The van der Waals surface area contributed by atoms with Crippen LogP contribution in [0.2, 0.25) is 0 Å². The normalized spacial score (nSPS) is 11.5. The van der Waals surface area contributed by atoms with Crippen LogP contribution in [0.25, 0.3) is 10.2 Å². The van der Waals surface area contributed by atoms with Crippen molar-refractivity contribution in [1.29, 1.82) is 0 Å². The van der Waals surface area contributed by atoms with Crippen molar-refractivity contribution in [3.05, 3.63) is 53.8 Å². The van der Waals surface area contributed by atoms with Gasteiger partial charge in [-0.25, -0.2) is 17.8 Å². The van der Waals surface area contributed by atoms with Crippen LogP contribution in [0.15, 0.2) is 47.4 Å². The van der Waals surface area contributed by atoms with Crippen molar-refractivity contribution in [3.8, 4) is 0 Å². The number of rotatable bonds is 9. The summed E-state index contributed by atoms with van der Waals surface area (Å²) < 4.78 is 39.3. The molecule has 0 bridgehead atoms. The van der Waals surface area contributed by atoms with Crippen LogP contribution in [0.1, 0.15) is 18.9 Å². The number of halogens is 2. The lowest BCUT2D eigenvalue weighted by Crippen LogP contribution is -2.37. The van der Waals surface area contributed by atoms with Gasteiger partial charge in [0.05, 0.1) is 20.9 Å². The molecule has 32 heavy (non-hydrogen) atoms. The molecule has 0 radical (unpaired) electrons. The lowest BCUT2D eigenvalue weighted by molar-refractivity contribution is -0.118. The summed E-state index contributed by atoms with van der Waals surface area (Å²) in [6.45, 7) is 3.08. The second kappa shape index (κ2) is 11.2. The van der Waals surface area contributed by atoms with Crippen molar-refractivity contribution in [2.45, 2.75) is 24.7 Å². The number of carbonyl (C=O) groups excluding carboxylic acids is 1. The number of carbonyl (C=O) groups is 1. The number of aromatic nitrogens is 1. The van der Waals surface area contributed by atoms with Gasteiger partial charge < -0.3 is 4.90 Å². The summed E-state index contributed by atoms with van der Waals surface area (Å²) in [4.78, 5) is 21.3. The smallest absolute Gasteiger partial charge is 0.229 e. The van der Waals surface area contributed by atoms with Crippen molar-refractivity contribution in [2.75, 3.05) is 37.8 Å². The van der Waals surface area contributed by atoms with Gasteiger partial charge in [0, 0.05) is 19.5 Å². The molecule has 6 nitrogen and oxygen atoms in total. The van der Waals surface area contributed by atoms with Crippen LogP contribution in [0.4, 0.5) is 9.52 Å². The van der Waals surface area contributed by atoms with Gasteiger partial charge in [-0.1, -0.05) is 30.4 Å². The Morgan fingerprint density at radius 2 is 1.78 bits per heavy atom. The van der Waals surface area contributed by atoms with Gasteiger partial charge in [0.1, 0.15) is 5.82 Å². The Morgan fingerprint density at radius 1 is 1.09 bits per heavy atom. The minimum Gasteiger partial charge on any atom is -0.308 e. The number of amides is 1. The molecular formula is C22H27ClFN3O3S2. The molecule has 10 heteroatoms. The quantitative estimate of drug-likeness (QED) is 0.413. The molecule has 3 rings (SSSR count). The minimum absolute atomic E-state index is 0. The lowest BCUT2D eigenvalue weighted by atomic mass is 10.1. The number of hydrogen-bond donors (Lipinski definition) is 0. The highest BCUT2D eigenvalue weighted by Crippen LogP contribution is 2.31. The second-order valence-electron chi connectivity index (χ2n) is 7.49. The molecular weight excluding hydrogens is 473 g/mol. The standard InChI is InChI=1S/C22H26FN3O3S2.ClH/c1-4-16-6-5-7-19-21(16)24-22(30-19)26(14-13-25(2)3)20(27)12-15-31(28,29)18-10-8-17(23)9-11-18;/h5-11H,4,12-15H2,1-3H3;1H. The molecule has 0 unspecified atom stereocenters. The molecule has 0 atom stereocenters. The van der Waals surface area contributed by atoms with Gasteiger partial charge in [-0.3, -0.25) is 9.69 Å². The van der Waals surface area contributed by atoms with Crippen LogP contribution in [-0.2, 0) is 21.1 Å². The summed E-state index contributed by atoms with van der Waals surface area (Å²) in [6.07, 6.45) is 0.659. The molecule has 0 saturated heterocycles. The van der Waals surface area contributed by atoms with E-state index >= 15 is 0 Å². The van der Waals surface area contributed by atoms with Crippen LogP contribution in [0, 0.1) is 5.82 Å². The van der Waals surface area contributed by atoms with E-state index in [1.54, 1.807) is 4.90 Å². The van der Waals surface area contributed by atoms with Gasteiger partial charge >= 0.3 is 0 Å². The molecule has 0 fully saturated rings. The molecule has 174 valence electrons. The van der Waals surface area contributed by atoms with Crippen LogP contribution in [0.3, 0.4) is 0 Å². The van der Waals surface area contributed by atoms with Gasteiger partial charge in [0.25, 0.3) is 0 Å². The van der Waals surface area contributed by atoms with E-state index in [9.17, 15) is 17.6 Å². The maximum absolute atomic E-state index is 13.1. The molecule has 0 aliphatic carbocycles. The molecule has 0 aliphatic heterocycles. The van der Waals surface area contributed by atoms with Gasteiger partial charge in [-0.2, -0.15) is 0 Å². The molecule has 0 aliphatic rings. The van der Waals surface area contributed by atoms with Crippen LogP contribution >= 0.6 is 23.7 Å². The van der Waals surface area contributed by atoms with Gasteiger partial charge in [0.15, 0.2) is 15.0 Å². The summed E-state index contributed by atoms with van der Waals surface area (Å²) >= 11 is 1.43. The number of para-hydroxylation sites is 1. The van der Waals surface area contributed by atoms with Crippen LogP contribution < -0.4 is 4.90 Å². The lowest BCUT2D eigenvalue weighted by Gasteiger charge is -2.22. The minimum atomic E-state index is -3.70. The summed E-state index contributed by atoms with van der Waals surface area (Å²) in [7, 11) is 0.128. The fraction of sp³-hybridized carbons (Fsp3) is 0.364. The first kappa shape index (κ1) is 26.2. The molecule has 2 aromatic carbocycles. The Kier molecular flexibility index (Phi) is 9.15. The predicted octanol–water partition coefficient (Wildman–Crippen LogP) is 4.18. The number of sulfone groups is 1. The summed E-state index contributed by atoms with van der Waals surface area (Å²) in [5, 5.41) is 0.571. The average molecular weight is 500 g/mol. The number of likely N-dealkylation sites (N-methyl/N-ethyl adjacent to an activating group) is 1. The summed E-state index contributed by atoms with van der Waals surface area (Å²) in [6, 6.07) is 10.6. The Balaban J connectivity index is 0.00000363. The Hall–Kier alpha value is -2.07. The zero-order valence-electron chi connectivity index (χ0n) is 18.2. The Labute approximate surface area is 198 Å². The van der Waals surface area contributed by atoms with Crippen molar-refractivity contribution < 1.29 is 17.6 Å². The third-order valence-corrected chi connectivity index (χ3v) is 7.71. The molecule has 0 saturated carbocycles. The highest BCUT2D eigenvalue weighted by Gasteiger charge is 2.23. The fourth-order valence-electron chi connectivity index (χ4n) is 3.14. The number of thiazole rings is 1. The Bertz CT molecular complexity index is 1160. The predicted molar refractivity (Wildman–Crippen MR) is 130 cm³/mol. The first-order valence-electron chi connectivity index (χ1n) is 10.0. The maximum Gasteiger partial charge on any atom is 0.229 e. The first-order chi connectivity index (χ1) is 14.7. The van der Waals surface area contributed by atoms with E-state index in [-0.39, 0.29) is 35.4 Å². The van der Waals surface area contributed by atoms with E-state index in [0.717, 1.165) is 34.3 Å². The fourth-order valence-corrected chi connectivity index (χ4v) is 5.42. The van der Waals surface area contributed by atoms with Gasteiger partial charge in [-0.05, 0) is 56.4 Å². The summed E-state index contributed by atoms with van der Waals surface area (Å²) in [5.74, 6) is -1.15. The maximum atomic E-state index is 13.1. The third kappa shape index (κ3) is 6.25. The van der Waals surface area contributed by atoms with E-state index < -0.39 is 15.7 Å².